The van der Waals surface area contributed by atoms with Gasteiger partial charge in [-0.05, 0) is 24.5 Å². The van der Waals surface area contributed by atoms with Crippen LogP contribution in [0.4, 0.5) is 0 Å². The van der Waals surface area contributed by atoms with Crippen molar-refractivity contribution >= 4 is 0 Å². The van der Waals surface area contributed by atoms with Gasteiger partial charge in [0.15, 0.2) is 0 Å². The van der Waals surface area contributed by atoms with Crippen molar-refractivity contribution in [3.05, 3.63) is 24.2 Å². The van der Waals surface area contributed by atoms with Crippen molar-refractivity contribution in [3.63, 3.8) is 0 Å². The number of aliphatic hydroxyl groups is 1. The monoisotopic (exact) mass is 168 g/mol. The number of rotatable bonds is 4. The SMILES string of the molecule is CC(C)CC(O)Cc1ccco1. The standard InChI is InChI=1S/C10H16O2/c1-8(2)6-9(11)7-10-4-3-5-12-10/h3-5,8-9,11H,6-7H2,1-2H3. The quantitative estimate of drug-likeness (QED) is 0.747. The van der Waals surface area contributed by atoms with Gasteiger partial charge < -0.3 is 9.52 Å². The van der Waals surface area contributed by atoms with Crippen molar-refractivity contribution in [2.45, 2.75) is 32.8 Å². The minimum absolute atomic E-state index is 0.267. The van der Waals surface area contributed by atoms with E-state index in [9.17, 15) is 5.11 Å². The van der Waals surface area contributed by atoms with Gasteiger partial charge in [-0.1, -0.05) is 13.8 Å². The Morgan fingerprint density at radius 1 is 1.50 bits per heavy atom. The third-order valence-corrected chi connectivity index (χ3v) is 1.76. The molecule has 1 atom stereocenters. The second-order valence-corrected chi connectivity index (χ2v) is 3.57. The van der Waals surface area contributed by atoms with Gasteiger partial charge in [0.05, 0.1) is 12.4 Å². The predicted molar refractivity (Wildman–Crippen MR) is 47.9 cm³/mol. The van der Waals surface area contributed by atoms with Crippen molar-refractivity contribution in [2.75, 3.05) is 0 Å². The Morgan fingerprint density at radius 2 is 2.25 bits per heavy atom. The molecule has 1 unspecified atom stereocenters. The van der Waals surface area contributed by atoms with Crippen molar-refractivity contribution < 1.29 is 9.52 Å². The Labute approximate surface area is 73.2 Å². The van der Waals surface area contributed by atoms with Crippen LogP contribution < -0.4 is 0 Å². The molecule has 0 saturated carbocycles. The summed E-state index contributed by atoms with van der Waals surface area (Å²) < 4.78 is 5.13. The fourth-order valence-corrected chi connectivity index (χ4v) is 1.29. The summed E-state index contributed by atoms with van der Waals surface area (Å²) in [5, 5.41) is 9.53. The molecule has 0 bridgehead atoms. The lowest BCUT2D eigenvalue weighted by atomic mass is 10.0. The van der Waals surface area contributed by atoms with E-state index >= 15 is 0 Å². The van der Waals surface area contributed by atoms with Crippen LogP contribution >= 0.6 is 0 Å². The fraction of sp³-hybridized carbons (Fsp3) is 0.600. The Bertz CT molecular complexity index is 202. The third kappa shape index (κ3) is 3.09. The van der Waals surface area contributed by atoms with Gasteiger partial charge in [-0.2, -0.15) is 0 Å². The highest BCUT2D eigenvalue weighted by molar-refractivity contribution is 4.99. The molecule has 0 aliphatic heterocycles. The summed E-state index contributed by atoms with van der Waals surface area (Å²) in [7, 11) is 0. The maximum absolute atomic E-state index is 9.53. The van der Waals surface area contributed by atoms with Gasteiger partial charge in [-0.25, -0.2) is 0 Å². The summed E-state index contributed by atoms with van der Waals surface area (Å²) in [5.74, 6) is 1.40. The van der Waals surface area contributed by atoms with Crippen LogP contribution in [0.1, 0.15) is 26.0 Å². The van der Waals surface area contributed by atoms with E-state index in [0.29, 0.717) is 12.3 Å². The number of furan rings is 1. The van der Waals surface area contributed by atoms with Crippen LogP contribution in [0.25, 0.3) is 0 Å². The molecular formula is C10H16O2. The van der Waals surface area contributed by atoms with E-state index in [-0.39, 0.29) is 6.10 Å². The Balaban J connectivity index is 2.32. The van der Waals surface area contributed by atoms with Crippen molar-refractivity contribution in [2.24, 2.45) is 5.92 Å². The summed E-state index contributed by atoms with van der Waals surface area (Å²) in [6.45, 7) is 4.21. The molecule has 1 aromatic rings. The average molecular weight is 168 g/mol. The first-order valence-electron chi connectivity index (χ1n) is 4.39. The molecule has 0 spiro atoms. The molecule has 68 valence electrons. The lowest BCUT2D eigenvalue weighted by Crippen LogP contribution is -2.12. The molecule has 12 heavy (non-hydrogen) atoms. The van der Waals surface area contributed by atoms with E-state index in [4.69, 9.17) is 4.42 Å². The number of aliphatic hydroxyl groups excluding tert-OH is 1. The lowest BCUT2D eigenvalue weighted by molar-refractivity contribution is 0.142. The summed E-state index contributed by atoms with van der Waals surface area (Å²) >= 11 is 0. The summed E-state index contributed by atoms with van der Waals surface area (Å²) in [6.07, 6.45) is 2.83. The molecule has 0 aliphatic rings. The second-order valence-electron chi connectivity index (χ2n) is 3.57. The smallest absolute Gasteiger partial charge is 0.106 e. The average Bonchev–Trinajstić information content (AvgIpc) is 2.37. The van der Waals surface area contributed by atoms with E-state index in [1.807, 2.05) is 12.1 Å². The summed E-state index contributed by atoms with van der Waals surface area (Å²) in [5.41, 5.74) is 0. The van der Waals surface area contributed by atoms with Gasteiger partial charge in [-0.3, -0.25) is 0 Å². The van der Waals surface area contributed by atoms with E-state index in [1.54, 1.807) is 6.26 Å². The molecule has 1 aromatic heterocycles. The van der Waals surface area contributed by atoms with Crippen LogP contribution in [-0.2, 0) is 6.42 Å². The molecule has 0 aromatic carbocycles. The Hall–Kier alpha value is -0.760. The van der Waals surface area contributed by atoms with E-state index in [1.165, 1.54) is 0 Å². The van der Waals surface area contributed by atoms with Crippen molar-refractivity contribution in [1.29, 1.82) is 0 Å². The minimum atomic E-state index is -0.267. The van der Waals surface area contributed by atoms with Gasteiger partial charge in [0.2, 0.25) is 0 Å². The second kappa shape index (κ2) is 4.31. The van der Waals surface area contributed by atoms with Crippen molar-refractivity contribution in [3.8, 4) is 0 Å². The first-order valence-corrected chi connectivity index (χ1v) is 4.39. The fourth-order valence-electron chi connectivity index (χ4n) is 1.29. The number of hydrogen-bond acceptors (Lipinski definition) is 2. The molecule has 2 heteroatoms. The summed E-state index contributed by atoms with van der Waals surface area (Å²) in [6, 6.07) is 3.74. The first-order chi connectivity index (χ1) is 5.68. The van der Waals surface area contributed by atoms with Crippen LogP contribution in [0.2, 0.25) is 0 Å². The molecule has 1 heterocycles. The summed E-state index contributed by atoms with van der Waals surface area (Å²) in [4.78, 5) is 0. The van der Waals surface area contributed by atoms with Gasteiger partial charge in [0, 0.05) is 6.42 Å². The van der Waals surface area contributed by atoms with Crippen LogP contribution in [0, 0.1) is 5.92 Å². The Kier molecular flexibility index (Phi) is 3.35. The van der Waals surface area contributed by atoms with E-state index in [2.05, 4.69) is 13.8 Å². The molecule has 2 nitrogen and oxygen atoms in total. The molecular weight excluding hydrogens is 152 g/mol. The zero-order valence-electron chi connectivity index (χ0n) is 7.66. The maximum atomic E-state index is 9.53. The van der Waals surface area contributed by atoms with Crippen LogP contribution in [0.15, 0.2) is 22.8 Å². The van der Waals surface area contributed by atoms with Crippen LogP contribution in [-0.4, -0.2) is 11.2 Å². The van der Waals surface area contributed by atoms with Crippen LogP contribution in [0.5, 0.6) is 0 Å². The highest BCUT2D eigenvalue weighted by Gasteiger charge is 2.08. The molecule has 1 rings (SSSR count). The maximum Gasteiger partial charge on any atom is 0.106 e. The zero-order valence-corrected chi connectivity index (χ0v) is 7.66. The first kappa shape index (κ1) is 9.33. The van der Waals surface area contributed by atoms with E-state index < -0.39 is 0 Å². The van der Waals surface area contributed by atoms with Crippen molar-refractivity contribution in [1.82, 2.24) is 0 Å². The largest absolute Gasteiger partial charge is 0.469 e. The molecule has 0 fully saturated rings. The van der Waals surface area contributed by atoms with Gasteiger partial charge >= 0.3 is 0 Å². The molecule has 0 amide bonds. The topological polar surface area (TPSA) is 33.4 Å². The zero-order chi connectivity index (χ0) is 8.97. The Morgan fingerprint density at radius 3 is 2.75 bits per heavy atom. The van der Waals surface area contributed by atoms with Gasteiger partial charge in [0.1, 0.15) is 5.76 Å². The normalized spacial score (nSPS) is 13.7. The van der Waals surface area contributed by atoms with E-state index in [0.717, 1.165) is 12.2 Å². The molecule has 0 aliphatic carbocycles. The lowest BCUT2D eigenvalue weighted by Gasteiger charge is -2.10. The molecule has 1 N–H and O–H groups in total. The van der Waals surface area contributed by atoms with Gasteiger partial charge in [-0.15, -0.1) is 0 Å². The highest BCUT2D eigenvalue weighted by Crippen LogP contribution is 2.10. The molecule has 0 radical (unpaired) electrons. The van der Waals surface area contributed by atoms with Gasteiger partial charge in [0.25, 0.3) is 0 Å². The highest BCUT2D eigenvalue weighted by atomic mass is 16.3. The van der Waals surface area contributed by atoms with Crippen LogP contribution in [0.3, 0.4) is 0 Å². The minimum Gasteiger partial charge on any atom is -0.469 e. The number of hydrogen-bond donors (Lipinski definition) is 1. The predicted octanol–water partition coefficient (Wildman–Crippen LogP) is 2.23. The third-order valence-electron chi connectivity index (χ3n) is 1.76. The molecule has 0 saturated heterocycles.